The van der Waals surface area contributed by atoms with Gasteiger partial charge in [-0.3, -0.25) is 4.79 Å². The molecule has 0 heterocycles. The van der Waals surface area contributed by atoms with Crippen molar-refractivity contribution in [2.45, 2.75) is 112 Å². The van der Waals surface area contributed by atoms with Gasteiger partial charge in [-0.05, 0) is 91.2 Å². The molecule has 2 aromatic carbocycles. The van der Waals surface area contributed by atoms with E-state index >= 15 is 0 Å². The molecule has 6 heteroatoms. The van der Waals surface area contributed by atoms with Crippen LogP contribution < -0.4 is 10.1 Å². The maximum absolute atomic E-state index is 12.4. The average molecular weight is 554 g/mol. The lowest BCUT2D eigenvalue weighted by Gasteiger charge is -2.34. The predicted molar refractivity (Wildman–Crippen MR) is 162 cm³/mol. The number of carboxylic acids is 1. The molecule has 0 aromatic heterocycles. The van der Waals surface area contributed by atoms with Crippen LogP contribution in [-0.2, 0) is 21.4 Å². The summed E-state index contributed by atoms with van der Waals surface area (Å²) in [4.78, 5) is 23.9. The van der Waals surface area contributed by atoms with Crippen LogP contribution in [0, 0.1) is 25.2 Å². The maximum Gasteiger partial charge on any atom is 0.326 e. The molecule has 2 atom stereocenters. The van der Waals surface area contributed by atoms with Gasteiger partial charge in [-0.1, -0.05) is 78.8 Å². The third-order valence-corrected chi connectivity index (χ3v) is 8.22. The Labute approximate surface area is 241 Å². The Hall–Kier alpha value is -2.86. The van der Waals surface area contributed by atoms with Crippen LogP contribution in [0.1, 0.15) is 102 Å². The molecule has 0 aliphatic heterocycles. The minimum atomic E-state index is -1.04. The number of hydrogen-bond acceptors (Lipinski definition) is 4. The molecule has 0 radical (unpaired) electrons. The first-order valence-corrected chi connectivity index (χ1v) is 14.7. The summed E-state index contributed by atoms with van der Waals surface area (Å²) in [5.41, 5.74) is 5.62. The van der Waals surface area contributed by atoms with Gasteiger partial charge in [0.25, 0.3) is 5.91 Å². The van der Waals surface area contributed by atoms with Crippen molar-refractivity contribution < 1.29 is 24.5 Å². The lowest BCUT2D eigenvalue weighted by molar-refractivity contribution is -0.142. The monoisotopic (exact) mass is 553 g/mol. The Balaban J connectivity index is 2.21. The van der Waals surface area contributed by atoms with Crippen LogP contribution in [-0.4, -0.2) is 40.8 Å². The number of nitrogens with one attached hydrogen (secondary N) is 1. The molecule has 0 aliphatic carbocycles. The fourth-order valence-corrected chi connectivity index (χ4v) is 5.41. The normalized spacial score (nSPS) is 13.7. The quantitative estimate of drug-likeness (QED) is 0.241. The zero-order valence-electron chi connectivity index (χ0n) is 26.1. The molecule has 1 unspecified atom stereocenters. The Morgan fingerprint density at radius 2 is 1.52 bits per heavy atom. The van der Waals surface area contributed by atoms with Crippen molar-refractivity contribution in [3.05, 3.63) is 64.2 Å². The predicted octanol–water partition coefficient (Wildman–Crippen LogP) is 6.74. The van der Waals surface area contributed by atoms with Gasteiger partial charge < -0.3 is 20.3 Å². The Kier molecular flexibility index (Phi) is 11.8. The van der Waals surface area contributed by atoms with Crippen LogP contribution in [0.15, 0.2) is 36.4 Å². The molecule has 0 aliphatic rings. The minimum absolute atomic E-state index is 0.125. The van der Waals surface area contributed by atoms with Gasteiger partial charge >= 0.3 is 5.97 Å². The summed E-state index contributed by atoms with van der Waals surface area (Å²) < 4.78 is 5.80. The zero-order valence-corrected chi connectivity index (χ0v) is 26.1. The number of carbonyl (C=O) groups excluding carboxylic acids is 1. The van der Waals surface area contributed by atoms with E-state index in [9.17, 15) is 19.8 Å². The number of aliphatic hydroxyl groups is 1. The molecule has 2 rings (SSSR count). The maximum atomic E-state index is 12.4. The van der Waals surface area contributed by atoms with Gasteiger partial charge in [0.2, 0.25) is 0 Å². The first kappa shape index (κ1) is 33.3. The van der Waals surface area contributed by atoms with Crippen LogP contribution in [0.2, 0.25) is 0 Å². The standard InChI is InChI=1S/C34H51NO5/c1-10-34(11-2,26-14-12-25(23(5)19-26)13-17-30(36)33(7,8)9)27-15-16-29(24(6)20-27)40-21-31(37)35-28(32(38)39)18-22(3)4/h12,14-16,19-20,22,28,30,36H,10-11,13,17-18,21H2,1-9H3,(H,35,37)(H,38,39)/t28-,30?/m1/s1. The summed E-state index contributed by atoms with van der Waals surface area (Å²) in [5, 5.41) is 22.5. The smallest absolute Gasteiger partial charge is 0.326 e. The summed E-state index contributed by atoms with van der Waals surface area (Å²) in [5.74, 6) is -0.724. The summed E-state index contributed by atoms with van der Waals surface area (Å²) in [6.45, 7) is 18.4. The van der Waals surface area contributed by atoms with Gasteiger partial charge in [-0.15, -0.1) is 0 Å². The number of aryl methyl sites for hydroxylation is 3. The van der Waals surface area contributed by atoms with Gasteiger partial charge in [0.05, 0.1) is 6.10 Å². The highest BCUT2D eigenvalue weighted by molar-refractivity contribution is 5.84. The van der Waals surface area contributed by atoms with Crippen molar-refractivity contribution in [2.24, 2.45) is 11.3 Å². The molecule has 222 valence electrons. The molecule has 0 bridgehead atoms. The molecule has 6 nitrogen and oxygen atoms in total. The first-order chi connectivity index (χ1) is 18.6. The van der Waals surface area contributed by atoms with E-state index in [1.54, 1.807) is 0 Å². The van der Waals surface area contributed by atoms with Crippen LogP contribution in [0.3, 0.4) is 0 Å². The molecule has 0 saturated heterocycles. The highest BCUT2D eigenvalue weighted by Crippen LogP contribution is 2.41. The van der Waals surface area contributed by atoms with Gasteiger partial charge in [-0.2, -0.15) is 0 Å². The van der Waals surface area contributed by atoms with E-state index in [0.29, 0.717) is 12.2 Å². The number of hydrogen-bond donors (Lipinski definition) is 3. The van der Waals surface area contributed by atoms with Gasteiger partial charge in [0, 0.05) is 5.41 Å². The highest BCUT2D eigenvalue weighted by Gasteiger charge is 2.32. The first-order valence-electron chi connectivity index (χ1n) is 14.7. The molecule has 3 N–H and O–H groups in total. The average Bonchev–Trinajstić information content (AvgIpc) is 2.87. The minimum Gasteiger partial charge on any atom is -0.484 e. The van der Waals surface area contributed by atoms with E-state index in [1.165, 1.54) is 22.3 Å². The van der Waals surface area contributed by atoms with E-state index in [4.69, 9.17) is 4.74 Å². The van der Waals surface area contributed by atoms with Gasteiger partial charge in [-0.25, -0.2) is 4.79 Å². The van der Waals surface area contributed by atoms with E-state index < -0.39 is 17.9 Å². The Bertz CT molecular complexity index is 1140. The van der Waals surface area contributed by atoms with Crippen molar-refractivity contribution in [3.8, 4) is 5.75 Å². The largest absolute Gasteiger partial charge is 0.484 e. The number of carbonyl (C=O) groups is 2. The Morgan fingerprint density at radius 3 is 2.00 bits per heavy atom. The number of ether oxygens (including phenoxy) is 1. The Morgan fingerprint density at radius 1 is 0.950 bits per heavy atom. The second kappa shape index (κ2) is 14.2. The van der Waals surface area contributed by atoms with Gasteiger partial charge in [0.1, 0.15) is 11.8 Å². The van der Waals surface area contributed by atoms with Crippen LogP contribution in [0.25, 0.3) is 0 Å². The van der Waals surface area contributed by atoms with Crippen molar-refractivity contribution in [2.75, 3.05) is 6.61 Å². The lowest BCUT2D eigenvalue weighted by atomic mass is 9.69. The number of amides is 1. The molecule has 40 heavy (non-hydrogen) atoms. The molecule has 1 amide bonds. The number of rotatable bonds is 14. The highest BCUT2D eigenvalue weighted by atomic mass is 16.5. The molecule has 0 spiro atoms. The summed E-state index contributed by atoms with van der Waals surface area (Å²) >= 11 is 0. The summed E-state index contributed by atoms with van der Waals surface area (Å²) in [6, 6.07) is 12.0. The molecular formula is C34H51NO5. The third kappa shape index (κ3) is 8.57. The molecular weight excluding hydrogens is 502 g/mol. The second-order valence-corrected chi connectivity index (χ2v) is 12.7. The second-order valence-electron chi connectivity index (χ2n) is 12.7. The number of benzene rings is 2. The summed E-state index contributed by atoms with van der Waals surface area (Å²) in [6.07, 6.45) is 3.47. The fourth-order valence-electron chi connectivity index (χ4n) is 5.41. The molecule has 0 fully saturated rings. The van der Waals surface area contributed by atoms with Crippen molar-refractivity contribution in [3.63, 3.8) is 0 Å². The molecule has 0 saturated carbocycles. The number of aliphatic carboxylic acids is 1. The summed E-state index contributed by atoms with van der Waals surface area (Å²) in [7, 11) is 0. The van der Waals surface area contributed by atoms with Gasteiger partial charge in [0.15, 0.2) is 6.61 Å². The fraction of sp³-hybridized carbons (Fsp3) is 0.588. The van der Waals surface area contributed by atoms with E-state index in [0.717, 1.165) is 31.2 Å². The van der Waals surface area contributed by atoms with Crippen LogP contribution in [0.5, 0.6) is 5.75 Å². The zero-order chi connectivity index (χ0) is 30.3. The molecule has 2 aromatic rings. The third-order valence-electron chi connectivity index (χ3n) is 8.22. The van der Waals surface area contributed by atoms with Crippen molar-refractivity contribution in [1.29, 1.82) is 0 Å². The topological polar surface area (TPSA) is 95.9 Å². The SMILES string of the molecule is CCC(CC)(c1ccc(CCC(O)C(C)(C)C)c(C)c1)c1ccc(OCC(=O)N[C@H](CC(C)C)C(=O)O)c(C)c1. The van der Waals surface area contributed by atoms with E-state index in [-0.39, 0.29) is 29.5 Å². The van der Waals surface area contributed by atoms with Crippen LogP contribution in [0.4, 0.5) is 0 Å². The van der Waals surface area contributed by atoms with E-state index in [2.05, 4.69) is 77.2 Å². The van der Waals surface area contributed by atoms with Crippen LogP contribution >= 0.6 is 0 Å². The number of carboxylic acid groups (broad SMARTS) is 1. The van der Waals surface area contributed by atoms with E-state index in [1.807, 2.05) is 26.8 Å². The number of aliphatic hydroxyl groups excluding tert-OH is 1. The van der Waals surface area contributed by atoms with Crippen molar-refractivity contribution in [1.82, 2.24) is 5.32 Å². The lowest BCUT2D eigenvalue weighted by Crippen LogP contribution is -2.43. The van der Waals surface area contributed by atoms with Crippen molar-refractivity contribution >= 4 is 11.9 Å².